The number of anilines is 1. The van der Waals surface area contributed by atoms with E-state index >= 15 is 0 Å². The zero-order valence-corrected chi connectivity index (χ0v) is 11.0. The van der Waals surface area contributed by atoms with Crippen LogP contribution in [-0.2, 0) is 13.0 Å². The average Bonchev–Trinajstić information content (AvgIpc) is 2.85. The van der Waals surface area contributed by atoms with Gasteiger partial charge in [-0.15, -0.1) is 5.10 Å². The van der Waals surface area contributed by atoms with E-state index in [0.717, 1.165) is 30.7 Å². The molecule has 0 aliphatic carbocycles. The molecule has 0 fully saturated rings. The van der Waals surface area contributed by atoms with Crippen LogP contribution in [0.5, 0.6) is 0 Å². The Hall–Kier alpha value is -2.43. The molecule has 1 aliphatic rings. The molecule has 2 N–H and O–H groups in total. The molecule has 0 spiro atoms. The van der Waals surface area contributed by atoms with Crippen molar-refractivity contribution < 1.29 is 0 Å². The summed E-state index contributed by atoms with van der Waals surface area (Å²) in [6.45, 7) is 0.872. The average molecular weight is 265 g/mol. The predicted octanol–water partition coefficient (Wildman–Crippen LogP) is 2.14. The van der Waals surface area contributed by atoms with Crippen LogP contribution in [-0.4, -0.2) is 19.7 Å². The number of hydrogen-bond donors (Lipinski definition) is 1. The van der Waals surface area contributed by atoms with Gasteiger partial charge in [0.1, 0.15) is 5.82 Å². The maximum atomic E-state index is 5.66. The number of nitrogens with two attached hydrogens (primary N) is 1. The van der Waals surface area contributed by atoms with Gasteiger partial charge in [-0.1, -0.05) is 18.2 Å². The third kappa shape index (κ3) is 1.82. The van der Waals surface area contributed by atoms with Crippen LogP contribution in [0.4, 0.5) is 5.95 Å². The highest BCUT2D eigenvalue weighted by Gasteiger charge is 2.23. The van der Waals surface area contributed by atoms with Gasteiger partial charge < -0.3 is 5.73 Å². The predicted molar refractivity (Wildman–Crippen MR) is 77.2 cm³/mol. The minimum atomic E-state index is 0.372. The number of nitrogen functional groups attached to an aromatic ring is 1. The van der Waals surface area contributed by atoms with Crippen LogP contribution in [0.3, 0.4) is 0 Å². The number of benzene rings is 1. The van der Waals surface area contributed by atoms with E-state index in [4.69, 9.17) is 5.73 Å². The third-order valence-electron chi connectivity index (χ3n) is 3.97. The first kappa shape index (κ1) is 11.4. The van der Waals surface area contributed by atoms with Crippen molar-refractivity contribution >= 4 is 16.9 Å². The molecule has 3 aromatic rings. The number of aromatic nitrogens is 4. The summed E-state index contributed by atoms with van der Waals surface area (Å²) in [4.78, 5) is 8.85. The SMILES string of the molecule is Nc1nc2n(n1)CCC(c1cnc3ccccc3c1)C2. The molecule has 5 nitrogen and oxygen atoms in total. The van der Waals surface area contributed by atoms with Gasteiger partial charge in [0.05, 0.1) is 5.52 Å². The number of para-hydroxylation sites is 1. The van der Waals surface area contributed by atoms with E-state index < -0.39 is 0 Å². The molecule has 4 rings (SSSR count). The lowest BCUT2D eigenvalue weighted by molar-refractivity contribution is 0.434. The Morgan fingerprint density at radius 2 is 2.15 bits per heavy atom. The van der Waals surface area contributed by atoms with Gasteiger partial charge in [-0.3, -0.25) is 4.98 Å². The van der Waals surface area contributed by atoms with E-state index in [9.17, 15) is 0 Å². The van der Waals surface area contributed by atoms with Crippen LogP contribution >= 0.6 is 0 Å². The Kier molecular flexibility index (Phi) is 2.45. The fourth-order valence-electron chi connectivity index (χ4n) is 2.92. The summed E-state index contributed by atoms with van der Waals surface area (Å²) in [6.07, 6.45) is 3.92. The van der Waals surface area contributed by atoms with Crippen molar-refractivity contribution in [1.82, 2.24) is 19.7 Å². The van der Waals surface area contributed by atoms with Crippen molar-refractivity contribution in [3.8, 4) is 0 Å². The first-order valence-corrected chi connectivity index (χ1v) is 6.83. The number of aryl methyl sites for hydroxylation is 1. The Morgan fingerprint density at radius 1 is 1.25 bits per heavy atom. The molecular weight excluding hydrogens is 250 g/mol. The second-order valence-corrected chi connectivity index (χ2v) is 5.26. The van der Waals surface area contributed by atoms with E-state index in [1.54, 1.807) is 0 Å². The summed E-state index contributed by atoms with van der Waals surface area (Å²) in [7, 11) is 0. The highest BCUT2D eigenvalue weighted by atomic mass is 15.4. The zero-order valence-electron chi connectivity index (χ0n) is 11.0. The lowest BCUT2D eigenvalue weighted by Gasteiger charge is -2.22. The molecule has 0 radical (unpaired) electrons. The number of fused-ring (bicyclic) bond motifs is 2. The molecule has 20 heavy (non-hydrogen) atoms. The van der Waals surface area contributed by atoms with E-state index in [2.05, 4.69) is 27.2 Å². The summed E-state index contributed by atoms with van der Waals surface area (Å²) in [5, 5.41) is 5.39. The third-order valence-corrected chi connectivity index (χ3v) is 3.97. The molecule has 1 unspecified atom stereocenters. The molecular formula is C15H15N5. The van der Waals surface area contributed by atoms with Gasteiger partial charge in [-0.2, -0.15) is 4.98 Å². The molecule has 0 bridgehead atoms. The summed E-state index contributed by atoms with van der Waals surface area (Å²) in [5.41, 5.74) is 7.98. The van der Waals surface area contributed by atoms with Crippen molar-refractivity contribution in [2.75, 3.05) is 5.73 Å². The summed E-state index contributed by atoms with van der Waals surface area (Å²) >= 11 is 0. The largest absolute Gasteiger partial charge is 0.366 e. The maximum absolute atomic E-state index is 5.66. The van der Waals surface area contributed by atoms with Gasteiger partial charge in [-0.25, -0.2) is 4.68 Å². The van der Waals surface area contributed by atoms with Gasteiger partial charge in [0.25, 0.3) is 0 Å². The summed E-state index contributed by atoms with van der Waals surface area (Å²) < 4.78 is 1.92. The minimum Gasteiger partial charge on any atom is -0.366 e. The maximum Gasteiger partial charge on any atom is 0.239 e. The number of rotatable bonds is 1. The lowest BCUT2D eigenvalue weighted by atomic mass is 9.90. The standard InChI is InChI=1S/C15H15N5/c16-15-18-14-8-10(5-6-20(14)19-15)12-7-11-3-1-2-4-13(11)17-9-12/h1-4,7,9-10H,5-6,8H2,(H2,16,19). The summed E-state index contributed by atoms with van der Waals surface area (Å²) in [6, 6.07) is 10.4. The van der Waals surface area contributed by atoms with Gasteiger partial charge in [-0.05, 0) is 30.0 Å². The lowest BCUT2D eigenvalue weighted by Crippen LogP contribution is -2.19. The van der Waals surface area contributed by atoms with Crippen LogP contribution in [0, 0.1) is 0 Å². The molecule has 1 aromatic carbocycles. The van der Waals surface area contributed by atoms with Crippen LogP contribution in [0.1, 0.15) is 23.7 Å². The van der Waals surface area contributed by atoms with Crippen molar-refractivity contribution in [2.24, 2.45) is 0 Å². The first-order valence-electron chi connectivity index (χ1n) is 6.83. The smallest absolute Gasteiger partial charge is 0.239 e. The Morgan fingerprint density at radius 3 is 3.10 bits per heavy atom. The molecule has 1 aliphatic heterocycles. The Balaban J connectivity index is 1.70. The highest BCUT2D eigenvalue weighted by molar-refractivity contribution is 5.78. The van der Waals surface area contributed by atoms with E-state index in [1.165, 1.54) is 10.9 Å². The fourth-order valence-corrected chi connectivity index (χ4v) is 2.92. The first-order chi connectivity index (χ1) is 9.79. The van der Waals surface area contributed by atoms with Gasteiger partial charge in [0.2, 0.25) is 5.95 Å². The number of nitrogens with zero attached hydrogens (tertiary/aromatic N) is 4. The van der Waals surface area contributed by atoms with Crippen molar-refractivity contribution in [1.29, 1.82) is 0 Å². The van der Waals surface area contributed by atoms with Crippen LogP contribution < -0.4 is 5.73 Å². The summed E-state index contributed by atoms with van der Waals surface area (Å²) in [5.74, 6) is 1.80. The van der Waals surface area contributed by atoms with E-state index in [0.29, 0.717) is 11.9 Å². The molecule has 0 amide bonds. The number of hydrogen-bond acceptors (Lipinski definition) is 4. The van der Waals surface area contributed by atoms with Crippen LogP contribution in [0.2, 0.25) is 0 Å². The Labute approximate surface area is 116 Å². The van der Waals surface area contributed by atoms with Crippen LogP contribution in [0.15, 0.2) is 36.5 Å². The highest BCUT2D eigenvalue weighted by Crippen LogP contribution is 2.29. The normalized spacial score (nSPS) is 18.1. The van der Waals surface area contributed by atoms with Crippen LogP contribution in [0.25, 0.3) is 10.9 Å². The topological polar surface area (TPSA) is 69.6 Å². The Bertz CT molecular complexity index is 777. The van der Waals surface area contributed by atoms with Gasteiger partial charge >= 0.3 is 0 Å². The molecule has 3 heterocycles. The molecule has 1 atom stereocenters. The zero-order chi connectivity index (χ0) is 13.5. The van der Waals surface area contributed by atoms with E-state index in [1.807, 2.05) is 29.1 Å². The fraction of sp³-hybridized carbons (Fsp3) is 0.267. The second-order valence-electron chi connectivity index (χ2n) is 5.26. The van der Waals surface area contributed by atoms with Crippen molar-refractivity contribution in [2.45, 2.75) is 25.3 Å². The monoisotopic (exact) mass is 265 g/mol. The molecule has 0 saturated heterocycles. The molecule has 2 aromatic heterocycles. The van der Waals surface area contributed by atoms with Gasteiger partial charge in [0.15, 0.2) is 0 Å². The molecule has 0 saturated carbocycles. The molecule has 100 valence electrons. The van der Waals surface area contributed by atoms with Crippen molar-refractivity contribution in [3.63, 3.8) is 0 Å². The van der Waals surface area contributed by atoms with E-state index in [-0.39, 0.29) is 0 Å². The molecule has 5 heteroatoms. The second kappa shape index (κ2) is 4.30. The van der Waals surface area contributed by atoms with Crippen molar-refractivity contribution in [3.05, 3.63) is 47.9 Å². The number of pyridine rings is 1. The minimum absolute atomic E-state index is 0.372. The quantitative estimate of drug-likeness (QED) is 0.732. The van der Waals surface area contributed by atoms with Gasteiger partial charge in [0, 0.05) is 24.5 Å².